The van der Waals surface area contributed by atoms with Crippen molar-refractivity contribution in [3.8, 4) is 16.9 Å². The first-order valence-corrected chi connectivity index (χ1v) is 9.56. The summed E-state index contributed by atoms with van der Waals surface area (Å²) in [6, 6.07) is 29.7. The summed E-state index contributed by atoms with van der Waals surface area (Å²) in [6.45, 7) is 0. The van der Waals surface area contributed by atoms with Crippen molar-refractivity contribution < 1.29 is 0 Å². The second-order valence-corrected chi connectivity index (χ2v) is 6.68. The van der Waals surface area contributed by atoms with E-state index in [-0.39, 0.29) is 0 Å². The van der Waals surface area contributed by atoms with Gasteiger partial charge in [0.25, 0.3) is 0 Å². The van der Waals surface area contributed by atoms with Gasteiger partial charge in [0.2, 0.25) is 0 Å². The molecule has 0 fully saturated rings. The van der Waals surface area contributed by atoms with Crippen LogP contribution in [0.15, 0.2) is 102 Å². The van der Waals surface area contributed by atoms with Gasteiger partial charge < -0.3 is 5.32 Å². The SMILES string of the molecule is S=C(N/N=C/c1cn(-c2ccccc2)nc1-c1ccccc1)Nc1ccccc1. The molecule has 0 saturated heterocycles. The molecule has 4 aromatic rings. The number of thiocarbonyl (C=S) groups is 1. The van der Waals surface area contributed by atoms with Crippen LogP contribution < -0.4 is 10.7 Å². The third-order valence-corrected chi connectivity index (χ3v) is 4.41. The first-order chi connectivity index (χ1) is 14.3. The van der Waals surface area contributed by atoms with Crippen LogP contribution in [0.4, 0.5) is 5.69 Å². The van der Waals surface area contributed by atoms with E-state index in [9.17, 15) is 0 Å². The normalized spacial score (nSPS) is 10.8. The Hall–Kier alpha value is -3.77. The van der Waals surface area contributed by atoms with E-state index in [0.29, 0.717) is 5.11 Å². The highest BCUT2D eigenvalue weighted by atomic mass is 32.1. The summed E-state index contributed by atoms with van der Waals surface area (Å²) in [5.41, 5.74) is 7.50. The Morgan fingerprint density at radius 1 is 0.862 bits per heavy atom. The summed E-state index contributed by atoms with van der Waals surface area (Å²) in [5.74, 6) is 0. The molecule has 6 heteroatoms. The minimum Gasteiger partial charge on any atom is -0.331 e. The van der Waals surface area contributed by atoms with E-state index in [2.05, 4.69) is 15.8 Å². The molecular formula is C23H19N5S. The van der Waals surface area contributed by atoms with E-state index in [1.165, 1.54) is 0 Å². The lowest BCUT2D eigenvalue weighted by molar-refractivity contribution is 0.884. The fraction of sp³-hybridized carbons (Fsp3) is 0. The molecule has 0 aliphatic carbocycles. The molecule has 0 spiro atoms. The van der Waals surface area contributed by atoms with Crippen LogP contribution in [0.3, 0.4) is 0 Å². The van der Waals surface area contributed by atoms with Gasteiger partial charge in [-0.15, -0.1) is 0 Å². The van der Waals surface area contributed by atoms with Gasteiger partial charge in [-0.2, -0.15) is 10.2 Å². The molecule has 2 N–H and O–H groups in total. The number of nitrogens with zero attached hydrogens (tertiary/aromatic N) is 3. The molecule has 1 aromatic heterocycles. The second-order valence-electron chi connectivity index (χ2n) is 6.27. The predicted molar refractivity (Wildman–Crippen MR) is 122 cm³/mol. The first-order valence-electron chi connectivity index (χ1n) is 9.15. The predicted octanol–water partition coefficient (Wildman–Crippen LogP) is 4.86. The lowest BCUT2D eigenvalue weighted by Gasteiger charge is -2.06. The minimum absolute atomic E-state index is 0.421. The zero-order valence-electron chi connectivity index (χ0n) is 15.6. The Labute approximate surface area is 174 Å². The summed E-state index contributed by atoms with van der Waals surface area (Å²) < 4.78 is 1.85. The van der Waals surface area contributed by atoms with Crippen molar-refractivity contribution in [2.24, 2.45) is 5.10 Å². The molecule has 0 aliphatic rings. The third kappa shape index (κ3) is 4.75. The maximum atomic E-state index is 5.30. The van der Waals surface area contributed by atoms with Gasteiger partial charge in [0, 0.05) is 23.0 Å². The van der Waals surface area contributed by atoms with Gasteiger partial charge in [-0.05, 0) is 36.5 Å². The third-order valence-electron chi connectivity index (χ3n) is 4.21. The van der Waals surface area contributed by atoms with Gasteiger partial charge >= 0.3 is 0 Å². The number of hydrogen-bond donors (Lipinski definition) is 2. The zero-order chi connectivity index (χ0) is 19.9. The van der Waals surface area contributed by atoms with Crippen LogP contribution in [0.1, 0.15) is 5.56 Å². The smallest absolute Gasteiger partial charge is 0.191 e. The zero-order valence-corrected chi connectivity index (χ0v) is 16.4. The number of hydrazone groups is 1. The number of anilines is 1. The molecule has 0 aliphatic heterocycles. The van der Waals surface area contributed by atoms with Gasteiger partial charge in [0.05, 0.1) is 11.9 Å². The first kappa shape index (κ1) is 18.6. The average molecular weight is 398 g/mol. The number of hydrogen-bond acceptors (Lipinski definition) is 3. The van der Waals surface area contributed by atoms with Gasteiger partial charge in [-0.3, -0.25) is 5.43 Å². The molecule has 29 heavy (non-hydrogen) atoms. The van der Waals surface area contributed by atoms with Crippen molar-refractivity contribution in [3.63, 3.8) is 0 Å². The van der Waals surface area contributed by atoms with Crippen LogP contribution in [0, 0.1) is 0 Å². The van der Waals surface area contributed by atoms with Gasteiger partial charge in [0.15, 0.2) is 5.11 Å². The Bertz CT molecular complexity index is 1110. The summed E-state index contributed by atoms with van der Waals surface area (Å²) in [7, 11) is 0. The molecular weight excluding hydrogens is 378 g/mol. The molecule has 0 bridgehead atoms. The summed E-state index contributed by atoms with van der Waals surface area (Å²) in [6.07, 6.45) is 3.68. The fourth-order valence-electron chi connectivity index (χ4n) is 2.86. The summed E-state index contributed by atoms with van der Waals surface area (Å²) in [4.78, 5) is 0. The Balaban J connectivity index is 1.56. The molecule has 0 saturated carbocycles. The molecule has 4 rings (SSSR count). The highest BCUT2D eigenvalue weighted by molar-refractivity contribution is 7.80. The minimum atomic E-state index is 0.421. The van der Waals surface area contributed by atoms with Crippen molar-refractivity contribution in [2.75, 3.05) is 5.32 Å². The summed E-state index contributed by atoms with van der Waals surface area (Å²) >= 11 is 5.30. The van der Waals surface area contributed by atoms with Crippen molar-refractivity contribution in [1.82, 2.24) is 15.2 Å². The molecule has 0 atom stereocenters. The van der Waals surface area contributed by atoms with Crippen LogP contribution in [-0.4, -0.2) is 21.1 Å². The second kappa shape index (κ2) is 8.95. The van der Waals surface area contributed by atoms with E-state index < -0.39 is 0 Å². The van der Waals surface area contributed by atoms with Crippen molar-refractivity contribution >= 4 is 29.2 Å². The largest absolute Gasteiger partial charge is 0.331 e. The molecule has 0 radical (unpaired) electrons. The van der Waals surface area contributed by atoms with E-state index in [4.69, 9.17) is 17.3 Å². The number of aromatic nitrogens is 2. The standard InChI is InChI=1S/C23H19N5S/c29-23(25-20-12-6-2-7-13-20)26-24-16-19-17-28(21-14-8-3-9-15-21)27-22(19)18-10-4-1-5-11-18/h1-17H,(H2,25,26,29)/b24-16+. The van der Waals surface area contributed by atoms with Gasteiger partial charge in [-0.1, -0.05) is 66.7 Å². The molecule has 142 valence electrons. The Morgan fingerprint density at radius 3 is 2.17 bits per heavy atom. The van der Waals surface area contributed by atoms with E-state index in [0.717, 1.165) is 28.2 Å². The maximum absolute atomic E-state index is 5.30. The van der Waals surface area contributed by atoms with Gasteiger partial charge in [-0.25, -0.2) is 4.68 Å². The van der Waals surface area contributed by atoms with Crippen molar-refractivity contribution in [1.29, 1.82) is 0 Å². The van der Waals surface area contributed by atoms with Crippen LogP contribution in [0.25, 0.3) is 16.9 Å². The van der Waals surface area contributed by atoms with Crippen LogP contribution in [0.2, 0.25) is 0 Å². The lowest BCUT2D eigenvalue weighted by Crippen LogP contribution is -2.23. The maximum Gasteiger partial charge on any atom is 0.191 e. The molecule has 0 unspecified atom stereocenters. The molecule has 3 aromatic carbocycles. The number of benzene rings is 3. The average Bonchev–Trinajstić information content (AvgIpc) is 3.20. The topological polar surface area (TPSA) is 54.2 Å². The van der Waals surface area contributed by atoms with Crippen LogP contribution in [-0.2, 0) is 0 Å². The monoisotopic (exact) mass is 397 g/mol. The van der Waals surface area contributed by atoms with Crippen LogP contribution in [0.5, 0.6) is 0 Å². The van der Waals surface area contributed by atoms with Crippen LogP contribution >= 0.6 is 12.2 Å². The lowest BCUT2D eigenvalue weighted by atomic mass is 10.1. The van der Waals surface area contributed by atoms with Crippen molar-refractivity contribution in [2.45, 2.75) is 0 Å². The summed E-state index contributed by atoms with van der Waals surface area (Å²) in [5, 5.41) is 12.6. The fourth-order valence-corrected chi connectivity index (χ4v) is 3.03. The Morgan fingerprint density at radius 2 is 1.48 bits per heavy atom. The van der Waals surface area contributed by atoms with Gasteiger partial charge in [0.1, 0.15) is 5.69 Å². The number of rotatable bonds is 5. The molecule has 5 nitrogen and oxygen atoms in total. The van der Waals surface area contributed by atoms with E-state index in [1.54, 1.807) is 6.21 Å². The quantitative estimate of drug-likeness (QED) is 0.287. The van der Waals surface area contributed by atoms with Crippen molar-refractivity contribution in [3.05, 3.63) is 103 Å². The number of nitrogens with one attached hydrogen (secondary N) is 2. The molecule has 1 heterocycles. The van der Waals surface area contributed by atoms with E-state index >= 15 is 0 Å². The molecule has 0 amide bonds. The number of para-hydroxylation sites is 2. The highest BCUT2D eigenvalue weighted by Gasteiger charge is 2.10. The Kier molecular flexibility index (Phi) is 5.73. The highest BCUT2D eigenvalue weighted by Crippen LogP contribution is 2.22. The van der Waals surface area contributed by atoms with E-state index in [1.807, 2.05) is 102 Å².